The van der Waals surface area contributed by atoms with Crippen molar-refractivity contribution in [2.45, 2.75) is 0 Å². The van der Waals surface area contributed by atoms with Crippen molar-refractivity contribution in [2.75, 3.05) is 36.0 Å². The van der Waals surface area contributed by atoms with E-state index in [1.54, 1.807) is 24.7 Å². The van der Waals surface area contributed by atoms with E-state index in [-0.39, 0.29) is 0 Å². The lowest BCUT2D eigenvalue weighted by atomic mass is 10.2. The molecule has 19 heavy (non-hydrogen) atoms. The highest BCUT2D eigenvalue weighted by Crippen LogP contribution is 2.27. The van der Waals surface area contributed by atoms with Crippen molar-refractivity contribution in [3.63, 3.8) is 0 Å². The minimum Gasteiger partial charge on any atom is -0.506 e. The zero-order valence-electron chi connectivity index (χ0n) is 10.6. The molecule has 1 fully saturated rings. The summed E-state index contributed by atoms with van der Waals surface area (Å²) in [4.78, 5) is 12.8. The van der Waals surface area contributed by atoms with Crippen molar-refractivity contribution in [1.29, 1.82) is 0 Å². The first kappa shape index (κ1) is 11.8. The Labute approximate surface area is 112 Å². The fourth-order valence-corrected chi connectivity index (χ4v) is 2.36. The summed E-state index contributed by atoms with van der Waals surface area (Å²) in [6.45, 7) is 3.50. The van der Waals surface area contributed by atoms with Gasteiger partial charge in [-0.2, -0.15) is 0 Å². The molecule has 1 N–H and O–H groups in total. The molecule has 0 unspecified atom stereocenters. The number of hydrogen-bond donors (Lipinski definition) is 1. The van der Waals surface area contributed by atoms with E-state index in [0.29, 0.717) is 5.75 Å². The second-order valence-electron chi connectivity index (χ2n) is 4.53. The molecule has 0 bridgehead atoms. The van der Waals surface area contributed by atoms with Crippen molar-refractivity contribution in [2.24, 2.45) is 0 Å². The summed E-state index contributed by atoms with van der Waals surface area (Å²) < 4.78 is 0. The van der Waals surface area contributed by atoms with Crippen molar-refractivity contribution in [3.05, 3.63) is 42.9 Å². The Hall–Kier alpha value is -2.30. The number of aromatic nitrogens is 2. The molecule has 5 heteroatoms. The Morgan fingerprint density at radius 2 is 1.68 bits per heavy atom. The fraction of sp³-hybridized carbons (Fsp3) is 0.286. The zero-order chi connectivity index (χ0) is 13.1. The molecule has 98 valence electrons. The number of nitrogens with zero attached hydrogens (tertiary/aromatic N) is 4. The van der Waals surface area contributed by atoms with Crippen LogP contribution in [0.25, 0.3) is 0 Å². The molecule has 1 saturated heterocycles. The van der Waals surface area contributed by atoms with Crippen LogP contribution >= 0.6 is 0 Å². The van der Waals surface area contributed by atoms with Gasteiger partial charge in [0.1, 0.15) is 11.6 Å². The first-order valence-corrected chi connectivity index (χ1v) is 6.38. The van der Waals surface area contributed by atoms with E-state index in [2.05, 4.69) is 19.8 Å². The molecule has 0 radical (unpaired) electrons. The van der Waals surface area contributed by atoms with Crippen LogP contribution in [0.15, 0.2) is 42.9 Å². The van der Waals surface area contributed by atoms with Gasteiger partial charge in [0, 0.05) is 38.6 Å². The highest BCUT2D eigenvalue weighted by Gasteiger charge is 2.19. The lowest BCUT2D eigenvalue weighted by molar-refractivity contribution is 0.472. The lowest BCUT2D eigenvalue weighted by Gasteiger charge is -2.36. The Kier molecular flexibility index (Phi) is 3.18. The topological polar surface area (TPSA) is 52.5 Å². The van der Waals surface area contributed by atoms with Crippen LogP contribution in [0.2, 0.25) is 0 Å². The summed E-state index contributed by atoms with van der Waals surface area (Å²) in [7, 11) is 0. The van der Waals surface area contributed by atoms with Crippen LogP contribution in [-0.2, 0) is 0 Å². The third kappa shape index (κ3) is 2.45. The van der Waals surface area contributed by atoms with Gasteiger partial charge in [0.25, 0.3) is 0 Å². The standard InChI is InChI=1S/C14H16N4O/c19-13-4-2-1-3-12(13)17-7-9-18(10-8-17)14-11-15-5-6-16-14/h1-6,11,19H,7-10H2. The molecule has 1 aliphatic heterocycles. The van der Waals surface area contributed by atoms with Crippen molar-refractivity contribution < 1.29 is 5.11 Å². The van der Waals surface area contributed by atoms with Gasteiger partial charge < -0.3 is 14.9 Å². The normalized spacial score (nSPS) is 15.6. The largest absolute Gasteiger partial charge is 0.506 e. The Balaban J connectivity index is 1.69. The second kappa shape index (κ2) is 5.14. The molecule has 1 aromatic carbocycles. The van der Waals surface area contributed by atoms with Crippen LogP contribution in [-0.4, -0.2) is 41.3 Å². The lowest BCUT2D eigenvalue weighted by Crippen LogP contribution is -2.46. The summed E-state index contributed by atoms with van der Waals surface area (Å²) in [6, 6.07) is 7.47. The number of piperazine rings is 1. The Bertz CT molecular complexity index is 538. The van der Waals surface area contributed by atoms with Crippen LogP contribution in [0.1, 0.15) is 0 Å². The zero-order valence-corrected chi connectivity index (χ0v) is 10.6. The van der Waals surface area contributed by atoms with Gasteiger partial charge in [0.2, 0.25) is 0 Å². The number of phenolic OH excluding ortho intramolecular Hbond substituents is 1. The van der Waals surface area contributed by atoms with Crippen LogP contribution < -0.4 is 9.80 Å². The molecule has 3 rings (SSSR count). The molecule has 1 aromatic heterocycles. The maximum absolute atomic E-state index is 9.87. The Morgan fingerprint density at radius 3 is 2.37 bits per heavy atom. The Morgan fingerprint density at radius 1 is 0.947 bits per heavy atom. The summed E-state index contributed by atoms with van der Waals surface area (Å²) >= 11 is 0. The van der Waals surface area contributed by atoms with Gasteiger partial charge >= 0.3 is 0 Å². The van der Waals surface area contributed by atoms with Crippen LogP contribution in [0.4, 0.5) is 11.5 Å². The number of para-hydroxylation sites is 2. The monoisotopic (exact) mass is 256 g/mol. The average Bonchev–Trinajstić information content (AvgIpc) is 2.49. The number of rotatable bonds is 2. The van der Waals surface area contributed by atoms with Crippen molar-refractivity contribution >= 4 is 11.5 Å². The van der Waals surface area contributed by atoms with E-state index in [1.807, 2.05) is 18.2 Å². The van der Waals surface area contributed by atoms with E-state index in [9.17, 15) is 5.11 Å². The molecule has 0 amide bonds. The predicted octanol–water partition coefficient (Wildman–Crippen LogP) is 1.51. The molecule has 0 saturated carbocycles. The molecular weight excluding hydrogens is 240 g/mol. The summed E-state index contributed by atoms with van der Waals surface area (Å²) in [5.41, 5.74) is 0.904. The minimum atomic E-state index is 0.343. The minimum absolute atomic E-state index is 0.343. The van der Waals surface area contributed by atoms with Crippen LogP contribution in [0, 0.1) is 0 Å². The third-order valence-corrected chi connectivity index (χ3v) is 3.38. The molecule has 1 aliphatic rings. The first-order chi connectivity index (χ1) is 9.34. The molecule has 0 atom stereocenters. The quantitative estimate of drug-likeness (QED) is 0.882. The number of hydrogen-bond acceptors (Lipinski definition) is 5. The fourth-order valence-electron chi connectivity index (χ4n) is 2.36. The maximum Gasteiger partial charge on any atom is 0.147 e. The van der Waals surface area contributed by atoms with E-state index in [4.69, 9.17) is 0 Å². The summed E-state index contributed by atoms with van der Waals surface area (Å²) in [5, 5.41) is 9.87. The highest BCUT2D eigenvalue weighted by molar-refractivity contribution is 5.58. The van der Waals surface area contributed by atoms with Gasteiger partial charge in [-0.1, -0.05) is 12.1 Å². The van der Waals surface area contributed by atoms with Crippen molar-refractivity contribution in [3.8, 4) is 5.75 Å². The maximum atomic E-state index is 9.87. The van der Waals surface area contributed by atoms with E-state index in [0.717, 1.165) is 37.7 Å². The summed E-state index contributed by atoms with van der Waals surface area (Å²) in [6.07, 6.45) is 5.18. The highest BCUT2D eigenvalue weighted by atomic mass is 16.3. The number of anilines is 2. The molecule has 5 nitrogen and oxygen atoms in total. The third-order valence-electron chi connectivity index (χ3n) is 3.38. The molecule has 0 aliphatic carbocycles. The average molecular weight is 256 g/mol. The number of aromatic hydroxyl groups is 1. The number of phenols is 1. The van der Waals surface area contributed by atoms with Gasteiger partial charge in [0.05, 0.1) is 11.9 Å². The SMILES string of the molecule is Oc1ccccc1N1CCN(c2cnccn2)CC1. The van der Waals surface area contributed by atoms with Gasteiger partial charge in [-0.05, 0) is 12.1 Å². The molecule has 2 heterocycles. The number of benzene rings is 1. The predicted molar refractivity (Wildman–Crippen MR) is 74.6 cm³/mol. The van der Waals surface area contributed by atoms with Crippen LogP contribution in [0.3, 0.4) is 0 Å². The van der Waals surface area contributed by atoms with Crippen molar-refractivity contribution in [1.82, 2.24) is 9.97 Å². The van der Waals surface area contributed by atoms with Gasteiger partial charge in [-0.3, -0.25) is 4.98 Å². The summed E-state index contributed by atoms with van der Waals surface area (Å²) in [5.74, 6) is 1.26. The molecule has 2 aromatic rings. The van der Waals surface area contributed by atoms with E-state index >= 15 is 0 Å². The van der Waals surface area contributed by atoms with Gasteiger partial charge in [0.15, 0.2) is 0 Å². The second-order valence-corrected chi connectivity index (χ2v) is 4.53. The van der Waals surface area contributed by atoms with Gasteiger partial charge in [-0.15, -0.1) is 0 Å². The molecular formula is C14H16N4O. The van der Waals surface area contributed by atoms with E-state index in [1.165, 1.54) is 0 Å². The van der Waals surface area contributed by atoms with E-state index < -0.39 is 0 Å². The smallest absolute Gasteiger partial charge is 0.147 e. The van der Waals surface area contributed by atoms with Gasteiger partial charge in [-0.25, -0.2) is 4.98 Å². The molecule has 0 spiro atoms. The van der Waals surface area contributed by atoms with Crippen LogP contribution in [0.5, 0.6) is 5.75 Å². The first-order valence-electron chi connectivity index (χ1n) is 6.38.